The minimum atomic E-state index is -0.370. The predicted molar refractivity (Wildman–Crippen MR) is 80.2 cm³/mol. The fraction of sp³-hybridized carbons (Fsp3) is 0.733. The van der Waals surface area contributed by atoms with Crippen LogP contribution in [0.15, 0.2) is 12.4 Å². The van der Waals surface area contributed by atoms with Crippen molar-refractivity contribution in [1.29, 1.82) is 0 Å². The fourth-order valence-corrected chi connectivity index (χ4v) is 3.24. The van der Waals surface area contributed by atoms with E-state index in [4.69, 9.17) is 5.73 Å². The molecule has 1 saturated carbocycles. The molecule has 20 heavy (non-hydrogen) atoms. The lowest BCUT2D eigenvalue weighted by molar-refractivity contribution is -0.118. The first-order valence-electron chi connectivity index (χ1n) is 7.43. The van der Waals surface area contributed by atoms with E-state index in [9.17, 15) is 4.79 Å². The molecule has 0 spiro atoms. The van der Waals surface area contributed by atoms with Crippen molar-refractivity contribution in [2.45, 2.75) is 59.0 Å². The molecule has 1 heterocycles. The number of aromatic nitrogens is 2. The summed E-state index contributed by atoms with van der Waals surface area (Å²) in [6, 6.07) is 0.481. The molecule has 0 radical (unpaired) electrons. The van der Waals surface area contributed by atoms with Crippen LogP contribution in [-0.4, -0.2) is 21.7 Å². The molecule has 0 aliphatic heterocycles. The molecule has 3 N–H and O–H groups in total. The summed E-state index contributed by atoms with van der Waals surface area (Å²) >= 11 is 0. The molecule has 2 atom stereocenters. The van der Waals surface area contributed by atoms with E-state index in [1.165, 1.54) is 25.7 Å². The number of carbonyl (C=O) groups excluding carboxylic acids is 1. The van der Waals surface area contributed by atoms with Crippen molar-refractivity contribution < 1.29 is 4.79 Å². The summed E-state index contributed by atoms with van der Waals surface area (Å²) in [6.45, 7) is 7.07. The molecule has 5 heteroatoms. The van der Waals surface area contributed by atoms with Gasteiger partial charge in [-0.05, 0) is 24.2 Å². The summed E-state index contributed by atoms with van der Waals surface area (Å²) in [5.74, 6) is 0.292. The van der Waals surface area contributed by atoms with E-state index in [0.29, 0.717) is 17.4 Å². The molecule has 1 aliphatic rings. The molecule has 5 nitrogen and oxygen atoms in total. The van der Waals surface area contributed by atoms with Crippen LogP contribution in [0.4, 0.5) is 5.69 Å². The Balaban J connectivity index is 2.03. The number of amides is 1. The molecule has 1 aromatic rings. The van der Waals surface area contributed by atoms with E-state index < -0.39 is 0 Å². The van der Waals surface area contributed by atoms with E-state index in [0.717, 1.165) is 5.69 Å². The third-order valence-electron chi connectivity index (χ3n) is 4.18. The highest BCUT2D eigenvalue weighted by atomic mass is 16.1. The predicted octanol–water partition coefficient (Wildman–Crippen LogP) is 2.39. The first-order valence-corrected chi connectivity index (χ1v) is 7.43. The second-order valence-corrected chi connectivity index (χ2v) is 6.90. The zero-order valence-electron chi connectivity index (χ0n) is 12.7. The maximum Gasteiger partial charge on any atom is 0.239 e. The molecule has 2 rings (SSSR count). The quantitative estimate of drug-likeness (QED) is 0.888. The smallest absolute Gasteiger partial charge is 0.239 e. The van der Waals surface area contributed by atoms with Gasteiger partial charge in [0, 0.05) is 12.2 Å². The number of nitrogens with zero attached hydrogens (tertiary/aromatic N) is 2. The fourth-order valence-electron chi connectivity index (χ4n) is 3.24. The Morgan fingerprint density at radius 1 is 1.45 bits per heavy atom. The van der Waals surface area contributed by atoms with Crippen molar-refractivity contribution in [3.8, 4) is 0 Å². The largest absolute Gasteiger partial charge is 0.379 e. The number of primary amides is 1. The number of anilines is 1. The molecule has 1 fully saturated rings. The van der Waals surface area contributed by atoms with Crippen LogP contribution in [0.1, 0.15) is 46.5 Å². The monoisotopic (exact) mass is 278 g/mol. The van der Waals surface area contributed by atoms with E-state index in [1.807, 2.05) is 6.20 Å². The Kier molecular flexibility index (Phi) is 4.35. The lowest BCUT2D eigenvalue weighted by Gasteiger charge is -2.41. The average molecular weight is 278 g/mol. The van der Waals surface area contributed by atoms with Crippen LogP contribution in [0.3, 0.4) is 0 Å². The van der Waals surface area contributed by atoms with Gasteiger partial charge in [-0.2, -0.15) is 5.10 Å². The first-order chi connectivity index (χ1) is 9.36. The van der Waals surface area contributed by atoms with Crippen molar-refractivity contribution in [3.05, 3.63) is 12.4 Å². The van der Waals surface area contributed by atoms with E-state index in [1.54, 1.807) is 10.9 Å². The molecule has 1 aromatic heterocycles. The number of hydrogen-bond donors (Lipinski definition) is 2. The summed E-state index contributed by atoms with van der Waals surface area (Å²) in [4.78, 5) is 10.9. The van der Waals surface area contributed by atoms with Crippen LogP contribution in [0, 0.1) is 11.3 Å². The third kappa shape index (κ3) is 3.74. The van der Waals surface area contributed by atoms with Gasteiger partial charge in [-0.1, -0.05) is 33.6 Å². The number of nitrogens with one attached hydrogen (secondary N) is 1. The zero-order valence-corrected chi connectivity index (χ0v) is 12.7. The van der Waals surface area contributed by atoms with Gasteiger partial charge in [0.2, 0.25) is 5.91 Å². The summed E-state index contributed by atoms with van der Waals surface area (Å²) in [6.07, 6.45) is 8.70. The van der Waals surface area contributed by atoms with Crippen molar-refractivity contribution in [2.24, 2.45) is 17.1 Å². The second-order valence-electron chi connectivity index (χ2n) is 6.90. The van der Waals surface area contributed by atoms with Crippen LogP contribution in [0.25, 0.3) is 0 Å². The first kappa shape index (κ1) is 14.9. The number of hydrogen-bond acceptors (Lipinski definition) is 3. The summed E-state index contributed by atoms with van der Waals surface area (Å²) in [5.41, 5.74) is 6.46. The van der Waals surface area contributed by atoms with Gasteiger partial charge < -0.3 is 11.1 Å². The number of rotatable bonds is 4. The van der Waals surface area contributed by atoms with Crippen LogP contribution in [0.5, 0.6) is 0 Å². The van der Waals surface area contributed by atoms with Gasteiger partial charge in [0.25, 0.3) is 0 Å². The molecule has 0 aromatic carbocycles. The molecule has 0 saturated heterocycles. The van der Waals surface area contributed by atoms with Crippen molar-refractivity contribution in [1.82, 2.24) is 9.78 Å². The van der Waals surface area contributed by atoms with Crippen molar-refractivity contribution >= 4 is 11.6 Å². The lowest BCUT2D eigenvalue weighted by atomic mass is 9.69. The molecular weight excluding hydrogens is 252 g/mol. The normalized spacial score (nSPS) is 23.6. The highest BCUT2D eigenvalue weighted by molar-refractivity contribution is 5.73. The highest BCUT2D eigenvalue weighted by Crippen LogP contribution is 2.39. The van der Waals surface area contributed by atoms with Gasteiger partial charge in [0.1, 0.15) is 6.54 Å². The van der Waals surface area contributed by atoms with Crippen molar-refractivity contribution in [3.63, 3.8) is 0 Å². The summed E-state index contributed by atoms with van der Waals surface area (Å²) in [5, 5.41) is 7.76. The van der Waals surface area contributed by atoms with E-state index in [-0.39, 0.29) is 12.5 Å². The minimum Gasteiger partial charge on any atom is -0.379 e. The summed E-state index contributed by atoms with van der Waals surface area (Å²) < 4.78 is 1.58. The Labute approximate surface area is 120 Å². The van der Waals surface area contributed by atoms with Crippen LogP contribution >= 0.6 is 0 Å². The Morgan fingerprint density at radius 3 is 2.80 bits per heavy atom. The van der Waals surface area contributed by atoms with Crippen molar-refractivity contribution in [2.75, 3.05) is 5.32 Å². The average Bonchev–Trinajstić information content (AvgIpc) is 2.75. The molecular formula is C15H26N4O. The van der Waals surface area contributed by atoms with Gasteiger partial charge in [0.15, 0.2) is 0 Å². The van der Waals surface area contributed by atoms with Crippen LogP contribution in [0.2, 0.25) is 0 Å². The van der Waals surface area contributed by atoms with Gasteiger partial charge in [-0.3, -0.25) is 9.48 Å². The van der Waals surface area contributed by atoms with Gasteiger partial charge in [-0.25, -0.2) is 0 Å². The SMILES string of the molecule is CC(C)(C)C1CCCCC1Nc1cnn(CC(N)=O)c1. The van der Waals surface area contributed by atoms with Gasteiger partial charge in [0.05, 0.1) is 11.9 Å². The Morgan fingerprint density at radius 2 is 2.15 bits per heavy atom. The minimum absolute atomic E-state index is 0.134. The molecule has 0 bridgehead atoms. The number of carbonyl (C=O) groups is 1. The molecule has 1 aliphatic carbocycles. The van der Waals surface area contributed by atoms with Gasteiger partial charge in [-0.15, -0.1) is 0 Å². The Hall–Kier alpha value is -1.52. The Bertz CT molecular complexity index is 461. The maximum absolute atomic E-state index is 10.9. The van der Waals surface area contributed by atoms with Gasteiger partial charge >= 0.3 is 0 Å². The molecule has 112 valence electrons. The second kappa shape index (κ2) is 5.85. The number of nitrogens with two attached hydrogens (primary N) is 1. The van der Waals surface area contributed by atoms with Crippen LogP contribution < -0.4 is 11.1 Å². The molecule has 1 amide bonds. The lowest BCUT2D eigenvalue weighted by Crippen LogP contribution is -2.39. The van der Waals surface area contributed by atoms with E-state index >= 15 is 0 Å². The van der Waals surface area contributed by atoms with E-state index in [2.05, 4.69) is 31.2 Å². The van der Waals surface area contributed by atoms with Crippen LogP contribution in [-0.2, 0) is 11.3 Å². The highest BCUT2D eigenvalue weighted by Gasteiger charge is 2.34. The standard InChI is InChI=1S/C15H26N4O/c1-15(2,3)12-6-4-5-7-13(12)18-11-8-17-19(9-11)10-14(16)20/h8-9,12-13,18H,4-7,10H2,1-3H3,(H2,16,20). The summed E-state index contributed by atoms with van der Waals surface area (Å²) in [7, 11) is 0. The maximum atomic E-state index is 10.9. The zero-order chi connectivity index (χ0) is 14.8. The molecule has 2 unspecified atom stereocenters. The topological polar surface area (TPSA) is 72.9 Å². The third-order valence-corrected chi connectivity index (χ3v) is 4.18.